The molecule has 0 saturated heterocycles. The number of hydrogen-bond acceptors (Lipinski definition) is 5. The standard InChI is InChI=1S/C14H14ClNO4S/c1-9(6-15)7-21(17,18)14-11-5-13-12(19-8-20-13)4-10(11)2-3-16-14/h2-5,9H,6-8H2,1H3. The van der Waals surface area contributed by atoms with Crippen molar-refractivity contribution in [3.63, 3.8) is 0 Å². The SMILES string of the molecule is CC(CCl)CS(=O)(=O)c1nccc2cc3c(cc12)OCO3. The van der Waals surface area contributed by atoms with Crippen LogP contribution in [0, 0.1) is 5.92 Å². The maximum absolute atomic E-state index is 12.5. The highest BCUT2D eigenvalue weighted by molar-refractivity contribution is 7.91. The molecule has 0 spiro atoms. The van der Waals surface area contributed by atoms with Crippen molar-refractivity contribution < 1.29 is 17.9 Å². The van der Waals surface area contributed by atoms with E-state index in [1.807, 2.05) is 0 Å². The molecular weight excluding hydrogens is 314 g/mol. The first-order chi connectivity index (χ1) is 10.0. The minimum absolute atomic E-state index is 0.0307. The molecular formula is C14H14ClNO4S. The van der Waals surface area contributed by atoms with Crippen molar-refractivity contribution in [2.75, 3.05) is 18.4 Å². The van der Waals surface area contributed by atoms with Crippen LogP contribution < -0.4 is 9.47 Å². The van der Waals surface area contributed by atoms with E-state index in [1.165, 1.54) is 6.20 Å². The predicted molar refractivity (Wildman–Crippen MR) is 79.8 cm³/mol. The Labute approximate surface area is 127 Å². The second-order valence-corrected chi connectivity index (χ2v) is 7.34. The number of sulfone groups is 1. The highest BCUT2D eigenvalue weighted by Crippen LogP contribution is 2.37. The third-order valence-electron chi connectivity index (χ3n) is 3.28. The molecule has 3 rings (SSSR count). The summed E-state index contributed by atoms with van der Waals surface area (Å²) in [6.45, 7) is 1.94. The third-order valence-corrected chi connectivity index (χ3v) is 5.73. The molecule has 2 aromatic rings. The van der Waals surface area contributed by atoms with Crippen molar-refractivity contribution in [3.8, 4) is 11.5 Å². The molecule has 1 unspecified atom stereocenters. The lowest BCUT2D eigenvalue weighted by molar-refractivity contribution is 0.174. The van der Waals surface area contributed by atoms with Gasteiger partial charge in [0.1, 0.15) is 0 Å². The summed E-state index contributed by atoms with van der Waals surface area (Å²) in [5.74, 6) is 1.28. The minimum Gasteiger partial charge on any atom is -0.454 e. The summed E-state index contributed by atoms with van der Waals surface area (Å²) in [7, 11) is -3.51. The van der Waals surface area contributed by atoms with Gasteiger partial charge in [0, 0.05) is 17.5 Å². The van der Waals surface area contributed by atoms with E-state index in [2.05, 4.69) is 4.98 Å². The second kappa shape index (κ2) is 5.35. The van der Waals surface area contributed by atoms with Crippen molar-refractivity contribution in [2.24, 2.45) is 5.92 Å². The molecule has 21 heavy (non-hydrogen) atoms. The molecule has 1 aliphatic rings. The van der Waals surface area contributed by atoms with Crippen LogP contribution in [0.25, 0.3) is 10.8 Å². The van der Waals surface area contributed by atoms with Crippen LogP contribution in [0.15, 0.2) is 29.4 Å². The largest absolute Gasteiger partial charge is 0.454 e. The van der Waals surface area contributed by atoms with Gasteiger partial charge in [0.15, 0.2) is 26.4 Å². The fraction of sp³-hybridized carbons (Fsp3) is 0.357. The number of nitrogens with zero attached hydrogens (tertiary/aromatic N) is 1. The van der Waals surface area contributed by atoms with Crippen LogP contribution in [0.3, 0.4) is 0 Å². The molecule has 0 bridgehead atoms. The zero-order chi connectivity index (χ0) is 15.0. The maximum atomic E-state index is 12.5. The number of aromatic nitrogens is 1. The predicted octanol–water partition coefficient (Wildman–Crippen LogP) is 2.61. The number of hydrogen-bond donors (Lipinski definition) is 0. The Morgan fingerprint density at radius 2 is 2.05 bits per heavy atom. The van der Waals surface area contributed by atoms with E-state index in [0.717, 1.165) is 5.39 Å². The number of halogens is 1. The molecule has 112 valence electrons. The topological polar surface area (TPSA) is 65.5 Å². The number of rotatable bonds is 4. The van der Waals surface area contributed by atoms with Crippen LogP contribution in [-0.4, -0.2) is 31.8 Å². The lowest BCUT2D eigenvalue weighted by atomic mass is 10.1. The van der Waals surface area contributed by atoms with Crippen LogP contribution in [-0.2, 0) is 9.84 Å². The summed E-state index contributed by atoms with van der Waals surface area (Å²) < 4.78 is 35.7. The second-order valence-electron chi connectivity index (χ2n) is 5.08. The zero-order valence-electron chi connectivity index (χ0n) is 11.4. The van der Waals surface area contributed by atoms with Gasteiger partial charge in [-0.15, -0.1) is 11.6 Å². The summed E-state index contributed by atoms with van der Waals surface area (Å²) in [6, 6.07) is 5.19. The number of ether oxygens (including phenoxy) is 2. The Bertz CT molecular complexity index is 791. The Morgan fingerprint density at radius 1 is 1.33 bits per heavy atom. The van der Waals surface area contributed by atoms with Crippen LogP contribution in [0.1, 0.15) is 6.92 Å². The summed E-state index contributed by atoms with van der Waals surface area (Å²) in [5, 5.41) is 1.37. The van der Waals surface area contributed by atoms with Gasteiger partial charge in [0.25, 0.3) is 0 Å². The number of benzene rings is 1. The molecule has 7 heteroatoms. The highest BCUT2D eigenvalue weighted by Gasteiger charge is 2.24. The van der Waals surface area contributed by atoms with Crippen molar-refractivity contribution in [1.82, 2.24) is 4.98 Å². The summed E-state index contributed by atoms with van der Waals surface area (Å²) >= 11 is 5.72. The molecule has 1 aliphatic heterocycles. The van der Waals surface area contributed by atoms with E-state index in [9.17, 15) is 8.42 Å². The van der Waals surface area contributed by atoms with Gasteiger partial charge in [-0.05, 0) is 29.5 Å². The monoisotopic (exact) mass is 327 g/mol. The minimum atomic E-state index is -3.51. The van der Waals surface area contributed by atoms with Gasteiger partial charge in [0.05, 0.1) is 5.75 Å². The smallest absolute Gasteiger partial charge is 0.231 e. The van der Waals surface area contributed by atoms with Crippen LogP contribution >= 0.6 is 11.6 Å². The number of fused-ring (bicyclic) bond motifs is 2. The van der Waals surface area contributed by atoms with Crippen LogP contribution in [0.2, 0.25) is 0 Å². The van der Waals surface area contributed by atoms with Crippen LogP contribution in [0.5, 0.6) is 11.5 Å². The van der Waals surface area contributed by atoms with Gasteiger partial charge in [-0.2, -0.15) is 0 Å². The van der Waals surface area contributed by atoms with Crippen molar-refractivity contribution in [1.29, 1.82) is 0 Å². The zero-order valence-corrected chi connectivity index (χ0v) is 12.9. The first-order valence-corrected chi connectivity index (χ1v) is 8.67. The summed E-state index contributed by atoms with van der Waals surface area (Å²) in [4.78, 5) is 4.06. The molecule has 1 aromatic carbocycles. The van der Waals surface area contributed by atoms with Crippen molar-refractivity contribution in [2.45, 2.75) is 11.9 Å². The fourth-order valence-electron chi connectivity index (χ4n) is 2.28. The maximum Gasteiger partial charge on any atom is 0.231 e. The van der Waals surface area contributed by atoms with Gasteiger partial charge >= 0.3 is 0 Å². The summed E-state index contributed by atoms with van der Waals surface area (Å²) in [6.07, 6.45) is 1.49. The Morgan fingerprint density at radius 3 is 2.76 bits per heavy atom. The first-order valence-electron chi connectivity index (χ1n) is 6.48. The van der Waals surface area contributed by atoms with Gasteiger partial charge in [-0.1, -0.05) is 6.92 Å². The number of alkyl halides is 1. The Hall–Kier alpha value is -1.53. The molecule has 0 saturated carbocycles. The quantitative estimate of drug-likeness (QED) is 0.808. The Balaban J connectivity index is 2.15. The molecule has 0 fully saturated rings. The van der Waals surface area contributed by atoms with Crippen molar-refractivity contribution >= 4 is 32.2 Å². The van der Waals surface area contributed by atoms with E-state index in [-0.39, 0.29) is 29.4 Å². The van der Waals surface area contributed by atoms with Gasteiger partial charge in [0.2, 0.25) is 6.79 Å². The van der Waals surface area contributed by atoms with E-state index >= 15 is 0 Å². The molecule has 0 amide bonds. The van der Waals surface area contributed by atoms with Crippen LogP contribution in [0.4, 0.5) is 0 Å². The molecule has 1 aromatic heterocycles. The third kappa shape index (κ3) is 2.65. The fourth-order valence-corrected chi connectivity index (χ4v) is 4.28. The van der Waals surface area contributed by atoms with E-state index in [0.29, 0.717) is 16.9 Å². The van der Waals surface area contributed by atoms with E-state index in [1.54, 1.807) is 25.1 Å². The van der Waals surface area contributed by atoms with Gasteiger partial charge < -0.3 is 9.47 Å². The molecule has 0 radical (unpaired) electrons. The molecule has 5 nitrogen and oxygen atoms in total. The van der Waals surface area contributed by atoms with Crippen molar-refractivity contribution in [3.05, 3.63) is 24.4 Å². The Kier molecular flexibility index (Phi) is 3.67. The average Bonchev–Trinajstić information content (AvgIpc) is 2.90. The van der Waals surface area contributed by atoms with E-state index in [4.69, 9.17) is 21.1 Å². The van der Waals surface area contributed by atoms with Gasteiger partial charge in [-0.3, -0.25) is 0 Å². The molecule has 0 aliphatic carbocycles. The highest BCUT2D eigenvalue weighted by atomic mass is 35.5. The van der Waals surface area contributed by atoms with E-state index < -0.39 is 9.84 Å². The molecule has 0 N–H and O–H groups in total. The molecule has 1 atom stereocenters. The average molecular weight is 328 g/mol. The lowest BCUT2D eigenvalue weighted by Crippen LogP contribution is -2.16. The lowest BCUT2D eigenvalue weighted by Gasteiger charge is -2.10. The first kappa shape index (κ1) is 14.4. The summed E-state index contributed by atoms with van der Waals surface area (Å²) in [5.41, 5.74) is 0. The molecule has 2 heterocycles. The normalized spacial score (nSPS) is 15.3. The van der Waals surface area contributed by atoms with Gasteiger partial charge in [-0.25, -0.2) is 13.4 Å². The number of pyridine rings is 1.